The van der Waals surface area contributed by atoms with Crippen molar-refractivity contribution in [2.45, 2.75) is 50.8 Å². The minimum atomic E-state index is -2.74. The fourth-order valence-electron chi connectivity index (χ4n) is 5.17. The summed E-state index contributed by atoms with van der Waals surface area (Å²) in [5, 5.41) is 33.8. The molecular weight excluding hydrogens is 546 g/mol. The fraction of sp³-hybridized carbons (Fsp3) is 0.467. The highest BCUT2D eigenvalue weighted by molar-refractivity contribution is 5.88. The van der Waals surface area contributed by atoms with Gasteiger partial charge in [-0.2, -0.15) is 0 Å². The summed E-state index contributed by atoms with van der Waals surface area (Å²) in [5.74, 6) is -3.22. The number of likely N-dealkylation sites (tertiary alicyclic amines) is 1. The quantitative estimate of drug-likeness (QED) is 0.271. The van der Waals surface area contributed by atoms with Crippen LogP contribution in [0.15, 0.2) is 48.3 Å². The van der Waals surface area contributed by atoms with Crippen LogP contribution in [-0.4, -0.2) is 105 Å². The van der Waals surface area contributed by atoms with Crippen molar-refractivity contribution in [1.29, 1.82) is 0 Å². The number of carboxylic acid groups (broad SMARTS) is 3. The summed E-state index contributed by atoms with van der Waals surface area (Å²) >= 11 is 0. The lowest BCUT2D eigenvalue weighted by molar-refractivity contribution is -0.170. The number of benzene rings is 1. The van der Waals surface area contributed by atoms with Gasteiger partial charge in [0.1, 0.15) is 18.1 Å². The first-order valence-electron chi connectivity index (χ1n) is 13.8. The van der Waals surface area contributed by atoms with Crippen LogP contribution in [0.3, 0.4) is 0 Å². The second kappa shape index (κ2) is 15.3. The summed E-state index contributed by atoms with van der Waals surface area (Å²) in [6.07, 6.45) is 6.38. The van der Waals surface area contributed by atoms with E-state index in [9.17, 15) is 14.4 Å². The van der Waals surface area contributed by atoms with E-state index >= 15 is 0 Å². The maximum absolute atomic E-state index is 10.3. The molecule has 42 heavy (non-hydrogen) atoms. The molecule has 1 fully saturated rings. The van der Waals surface area contributed by atoms with E-state index in [1.54, 1.807) is 7.11 Å². The SMILES string of the molecule is CCN1CCCC1CN(CC1=Cc2cc(OC)ccc2OC1)Cc1cccnc1.O=C(O)CC(O)(CC(=O)O)C(=O)O. The number of nitrogens with zero attached hydrogens (tertiary/aromatic N) is 3. The Morgan fingerprint density at radius 3 is 2.48 bits per heavy atom. The molecule has 1 aromatic heterocycles. The summed E-state index contributed by atoms with van der Waals surface area (Å²) in [7, 11) is 1.70. The van der Waals surface area contributed by atoms with Crippen LogP contribution in [0.4, 0.5) is 0 Å². The van der Waals surface area contributed by atoms with E-state index in [2.05, 4.69) is 39.9 Å². The number of hydrogen-bond donors (Lipinski definition) is 4. The Kier molecular flexibility index (Phi) is 11.8. The molecule has 0 saturated carbocycles. The molecule has 0 aliphatic carbocycles. The van der Waals surface area contributed by atoms with Gasteiger partial charge in [0.2, 0.25) is 0 Å². The van der Waals surface area contributed by atoms with Crippen molar-refractivity contribution in [2.24, 2.45) is 0 Å². The van der Waals surface area contributed by atoms with Gasteiger partial charge < -0.3 is 29.9 Å². The number of likely N-dealkylation sites (N-methyl/N-ethyl adjacent to an activating group) is 1. The molecule has 4 N–H and O–H groups in total. The van der Waals surface area contributed by atoms with Crippen molar-refractivity contribution in [3.05, 3.63) is 59.4 Å². The van der Waals surface area contributed by atoms with Crippen LogP contribution >= 0.6 is 0 Å². The maximum atomic E-state index is 10.3. The van der Waals surface area contributed by atoms with Crippen LogP contribution in [0.5, 0.6) is 11.5 Å². The number of pyridine rings is 1. The predicted octanol–water partition coefficient (Wildman–Crippen LogP) is 2.60. The van der Waals surface area contributed by atoms with Crippen LogP contribution in [0, 0.1) is 0 Å². The summed E-state index contributed by atoms with van der Waals surface area (Å²) in [6, 6.07) is 10.8. The van der Waals surface area contributed by atoms with Crippen molar-refractivity contribution in [3.63, 3.8) is 0 Å². The third kappa shape index (κ3) is 9.54. The molecule has 4 rings (SSSR count). The van der Waals surface area contributed by atoms with Crippen molar-refractivity contribution in [3.8, 4) is 11.5 Å². The maximum Gasteiger partial charge on any atom is 0.336 e. The number of carbonyl (C=O) groups is 3. The number of ether oxygens (including phenoxy) is 2. The number of aliphatic carboxylic acids is 3. The number of aliphatic hydroxyl groups is 1. The Morgan fingerprint density at radius 2 is 1.88 bits per heavy atom. The van der Waals surface area contributed by atoms with Gasteiger partial charge in [-0.05, 0) is 67.4 Å². The van der Waals surface area contributed by atoms with Crippen LogP contribution in [0.2, 0.25) is 0 Å². The van der Waals surface area contributed by atoms with Crippen LogP contribution in [0.1, 0.15) is 43.7 Å². The van der Waals surface area contributed by atoms with Crippen LogP contribution in [-0.2, 0) is 20.9 Å². The first kappa shape index (κ1) is 32.5. The molecular formula is C30H39N3O9. The largest absolute Gasteiger partial charge is 0.497 e. The van der Waals surface area contributed by atoms with Gasteiger partial charge in [-0.15, -0.1) is 0 Å². The van der Waals surface area contributed by atoms with Crippen molar-refractivity contribution >= 4 is 24.0 Å². The zero-order valence-corrected chi connectivity index (χ0v) is 23.9. The van der Waals surface area contributed by atoms with Crippen molar-refractivity contribution in [2.75, 3.05) is 39.9 Å². The summed E-state index contributed by atoms with van der Waals surface area (Å²) in [6.45, 7) is 8.15. The van der Waals surface area contributed by atoms with Gasteiger partial charge in [0, 0.05) is 43.6 Å². The number of carboxylic acids is 3. The van der Waals surface area contributed by atoms with E-state index < -0.39 is 36.4 Å². The van der Waals surface area contributed by atoms with Gasteiger partial charge in [0.05, 0.1) is 20.0 Å². The van der Waals surface area contributed by atoms with E-state index in [4.69, 9.17) is 29.9 Å². The van der Waals surface area contributed by atoms with E-state index in [1.165, 1.54) is 30.5 Å². The van der Waals surface area contributed by atoms with Gasteiger partial charge in [0.25, 0.3) is 0 Å². The molecule has 0 spiro atoms. The molecule has 0 amide bonds. The molecule has 1 saturated heterocycles. The van der Waals surface area contributed by atoms with Gasteiger partial charge in [0.15, 0.2) is 5.60 Å². The van der Waals surface area contributed by atoms with E-state index in [0.717, 1.165) is 43.2 Å². The normalized spacial score (nSPS) is 16.5. The molecule has 0 bridgehead atoms. The minimum Gasteiger partial charge on any atom is -0.497 e. The average Bonchev–Trinajstić information content (AvgIpc) is 3.39. The Bertz CT molecular complexity index is 1240. The van der Waals surface area contributed by atoms with Crippen LogP contribution in [0.25, 0.3) is 6.08 Å². The van der Waals surface area contributed by atoms with Gasteiger partial charge >= 0.3 is 17.9 Å². The smallest absolute Gasteiger partial charge is 0.336 e. The number of hydrogen-bond acceptors (Lipinski definition) is 9. The Hall–Kier alpha value is -4.00. The summed E-state index contributed by atoms with van der Waals surface area (Å²) in [5.41, 5.74) is 0.920. The molecule has 2 aliphatic heterocycles. The van der Waals surface area contributed by atoms with Gasteiger partial charge in [-0.3, -0.25) is 24.4 Å². The van der Waals surface area contributed by atoms with E-state index in [0.29, 0.717) is 12.6 Å². The molecule has 3 heterocycles. The first-order valence-corrected chi connectivity index (χ1v) is 13.8. The minimum absolute atomic E-state index is 0.633. The molecule has 2 aliphatic rings. The lowest BCUT2D eigenvalue weighted by Gasteiger charge is -2.31. The second-order valence-electron chi connectivity index (χ2n) is 10.4. The molecule has 0 radical (unpaired) electrons. The van der Waals surface area contributed by atoms with Crippen molar-refractivity contribution < 1.29 is 44.3 Å². The number of rotatable bonds is 13. The van der Waals surface area contributed by atoms with E-state index in [1.807, 2.05) is 30.6 Å². The molecule has 12 nitrogen and oxygen atoms in total. The molecule has 2 aromatic rings. The average molecular weight is 586 g/mol. The second-order valence-corrected chi connectivity index (χ2v) is 10.4. The first-order chi connectivity index (χ1) is 20.0. The van der Waals surface area contributed by atoms with Crippen molar-refractivity contribution in [1.82, 2.24) is 14.8 Å². The Morgan fingerprint density at radius 1 is 1.14 bits per heavy atom. The zero-order chi connectivity index (χ0) is 30.7. The number of methoxy groups -OCH3 is 1. The molecule has 12 heteroatoms. The van der Waals surface area contributed by atoms with E-state index in [-0.39, 0.29) is 0 Å². The standard InChI is InChI=1S/C24H31N3O2.C6H8O7/c1-3-27-11-5-7-22(27)17-26(15-19-6-4-10-25-14-19)16-20-12-21-13-23(28-2)8-9-24(21)29-18-20;7-3(8)1-6(13,5(11)12)2-4(9)10/h4,6,8-10,12-14,22H,3,5,7,11,15-18H2,1-2H3;13H,1-2H2,(H,7,8)(H,9,10)(H,11,12). The predicted molar refractivity (Wildman–Crippen MR) is 153 cm³/mol. The number of aromatic nitrogens is 1. The topological polar surface area (TPSA) is 170 Å². The molecule has 1 unspecified atom stereocenters. The Labute approximate surface area is 244 Å². The highest BCUT2D eigenvalue weighted by Gasteiger charge is 2.40. The summed E-state index contributed by atoms with van der Waals surface area (Å²) < 4.78 is 11.4. The highest BCUT2D eigenvalue weighted by Crippen LogP contribution is 2.30. The van der Waals surface area contributed by atoms with Gasteiger partial charge in [-0.25, -0.2) is 4.79 Å². The lowest BCUT2D eigenvalue weighted by Crippen LogP contribution is -2.42. The highest BCUT2D eigenvalue weighted by atomic mass is 16.5. The summed E-state index contributed by atoms with van der Waals surface area (Å²) in [4.78, 5) is 40.0. The van der Waals surface area contributed by atoms with Crippen LogP contribution < -0.4 is 9.47 Å². The Balaban J connectivity index is 0.000000316. The molecule has 1 aromatic carbocycles. The third-order valence-corrected chi connectivity index (χ3v) is 7.20. The molecule has 1 atom stereocenters. The fourth-order valence-corrected chi connectivity index (χ4v) is 5.17. The molecule has 228 valence electrons. The third-order valence-electron chi connectivity index (χ3n) is 7.20. The zero-order valence-electron chi connectivity index (χ0n) is 23.9. The number of fused-ring (bicyclic) bond motifs is 1. The monoisotopic (exact) mass is 585 g/mol. The van der Waals surface area contributed by atoms with Gasteiger partial charge in [-0.1, -0.05) is 13.0 Å². The lowest BCUT2D eigenvalue weighted by atomic mass is 9.96.